The number of para-hydroxylation sites is 2. The number of carboxylic acids is 1. The Morgan fingerprint density at radius 3 is 2.51 bits per heavy atom. The van der Waals surface area contributed by atoms with E-state index in [4.69, 9.17) is 4.74 Å². The van der Waals surface area contributed by atoms with Crippen LogP contribution in [0.5, 0.6) is 5.75 Å². The summed E-state index contributed by atoms with van der Waals surface area (Å²) in [5.74, 6) is -4.78. The van der Waals surface area contributed by atoms with Crippen LogP contribution in [0.3, 0.4) is 0 Å². The topological polar surface area (TPSA) is 131 Å². The summed E-state index contributed by atoms with van der Waals surface area (Å²) >= 11 is 0. The number of carboxylic acid groups (broad SMARTS) is 1. The summed E-state index contributed by atoms with van der Waals surface area (Å²) in [4.78, 5) is 19.6. The number of halogens is 2. The Labute approximate surface area is 248 Å². The van der Waals surface area contributed by atoms with Gasteiger partial charge in [-0.25, -0.2) is 26.2 Å². The zero-order valence-electron chi connectivity index (χ0n) is 21.5. The van der Waals surface area contributed by atoms with Gasteiger partial charge in [-0.1, -0.05) is 24.3 Å². The second-order valence-corrected chi connectivity index (χ2v) is 11.7. The molecule has 0 fully saturated rings. The third-order valence-electron chi connectivity index (χ3n) is 5.64. The van der Waals surface area contributed by atoms with Crippen LogP contribution in [0.4, 0.5) is 8.78 Å². The molecular weight excluding hydrogens is 563 g/mol. The molecule has 1 unspecified atom stereocenters. The van der Waals surface area contributed by atoms with Crippen molar-refractivity contribution in [3.63, 3.8) is 0 Å². The van der Waals surface area contributed by atoms with E-state index in [9.17, 15) is 31.3 Å². The SMILES string of the molecule is Cc1ccc(C(=O)[O-])cc1S(=O)(=O)n1c(S(=O)Cc2nccc(OCC(C)(F)F)c2C)nc2ccccc21.[Na+]. The van der Waals surface area contributed by atoms with Crippen LogP contribution in [0, 0.1) is 13.8 Å². The first-order valence-electron chi connectivity index (χ1n) is 11.2. The Bertz CT molecular complexity index is 1690. The number of hydrogen-bond donors (Lipinski definition) is 0. The van der Waals surface area contributed by atoms with Crippen molar-refractivity contribution < 1.29 is 65.6 Å². The normalized spacial score (nSPS) is 12.6. The van der Waals surface area contributed by atoms with Crippen molar-refractivity contribution in [2.45, 2.75) is 42.5 Å². The standard InChI is InChI=1S/C25H23F2N3O6S2.Na/c1-15-8-9-17(23(31)32)12-22(15)38(34,35)30-20-7-5-4-6-18(20)29-24(30)37(33)13-19-16(2)21(10-11-28-19)36-14-25(3,26)27;/h4-12H,13-14H2,1-3H3,(H,31,32);/q;+1/p-1. The van der Waals surface area contributed by atoms with Crippen molar-refractivity contribution in [1.82, 2.24) is 13.9 Å². The maximum Gasteiger partial charge on any atom is 1.00 e. The average molecular weight is 586 g/mol. The number of fused-ring (bicyclic) bond motifs is 1. The molecule has 0 N–H and O–H groups in total. The second kappa shape index (κ2) is 11.8. The molecule has 14 heteroatoms. The molecule has 0 aliphatic carbocycles. The van der Waals surface area contributed by atoms with Crippen molar-refractivity contribution in [3.05, 3.63) is 77.1 Å². The van der Waals surface area contributed by atoms with E-state index < -0.39 is 39.3 Å². The fourth-order valence-corrected chi connectivity index (χ4v) is 7.02. The molecule has 9 nitrogen and oxygen atoms in total. The predicted molar refractivity (Wildman–Crippen MR) is 133 cm³/mol. The van der Waals surface area contributed by atoms with Gasteiger partial charge >= 0.3 is 29.6 Å². The summed E-state index contributed by atoms with van der Waals surface area (Å²) < 4.78 is 73.9. The van der Waals surface area contributed by atoms with Gasteiger partial charge in [-0.3, -0.25) is 9.19 Å². The van der Waals surface area contributed by atoms with Crippen LogP contribution in [0.1, 0.15) is 34.1 Å². The fourth-order valence-electron chi connectivity index (χ4n) is 3.71. The van der Waals surface area contributed by atoms with Gasteiger partial charge in [0.15, 0.2) is 6.61 Å². The van der Waals surface area contributed by atoms with E-state index >= 15 is 0 Å². The molecule has 2 aromatic heterocycles. The number of nitrogens with zero attached hydrogens (tertiary/aromatic N) is 3. The minimum absolute atomic E-state index is 0. The number of aromatic nitrogens is 3. The number of alkyl halides is 2. The summed E-state index contributed by atoms with van der Waals surface area (Å²) in [5, 5.41) is 11.1. The Morgan fingerprint density at radius 1 is 1.15 bits per heavy atom. The minimum Gasteiger partial charge on any atom is -0.545 e. The van der Waals surface area contributed by atoms with E-state index in [1.165, 1.54) is 37.4 Å². The average Bonchev–Trinajstić information content (AvgIpc) is 3.25. The number of aryl methyl sites for hydroxylation is 1. The molecule has 0 aliphatic rings. The number of benzene rings is 2. The Kier molecular flexibility index (Phi) is 9.33. The summed E-state index contributed by atoms with van der Waals surface area (Å²) in [6.07, 6.45) is 1.32. The number of pyridine rings is 1. The van der Waals surface area contributed by atoms with Gasteiger partial charge in [0.1, 0.15) is 5.75 Å². The molecule has 200 valence electrons. The molecule has 4 aromatic rings. The number of imidazole rings is 1. The number of aromatic carboxylic acids is 1. The van der Waals surface area contributed by atoms with Gasteiger partial charge < -0.3 is 14.6 Å². The van der Waals surface area contributed by atoms with E-state index in [2.05, 4.69) is 9.97 Å². The first-order valence-corrected chi connectivity index (χ1v) is 13.9. The van der Waals surface area contributed by atoms with Crippen LogP contribution in [0.15, 0.2) is 64.8 Å². The van der Waals surface area contributed by atoms with Crippen LogP contribution in [0.25, 0.3) is 11.0 Å². The van der Waals surface area contributed by atoms with Gasteiger partial charge in [0.05, 0.1) is 44.1 Å². The van der Waals surface area contributed by atoms with Gasteiger partial charge in [-0.15, -0.1) is 0 Å². The zero-order chi connectivity index (χ0) is 27.8. The van der Waals surface area contributed by atoms with Crippen molar-refractivity contribution >= 4 is 37.8 Å². The van der Waals surface area contributed by atoms with Crippen LogP contribution in [-0.2, 0) is 26.6 Å². The molecule has 0 bridgehead atoms. The Morgan fingerprint density at radius 2 is 1.85 bits per heavy atom. The molecule has 2 aromatic carbocycles. The van der Waals surface area contributed by atoms with Gasteiger partial charge in [-0.05, 0) is 49.2 Å². The maximum atomic E-state index is 13.9. The van der Waals surface area contributed by atoms with E-state index in [1.807, 2.05) is 0 Å². The molecule has 0 saturated carbocycles. The summed E-state index contributed by atoms with van der Waals surface area (Å²) in [5.41, 5.74) is 0.927. The van der Waals surface area contributed by atoms with Crippen molar-refractivity contribution in [3.8, 4) is 5.75 Å². The van der Waals surface area contributed by atoms with Crippen LogP contribution < -0.4 is 39.4 Å². The van der Waals surface area contributed by atoms with Gasteiger partial charge in [0.2, 0.25) is 5.16 Å². The minimum atomic E-state index is -4.48. The molecule has 0 radical (unpaired) electrons. The molecule has 2 heterocycles. The Balaban J connectivity index is 0.00000420. The smallest absolute Gasteiger partial charge is 0.545 e. The molecule has 39 heavy (non-hydrogen) atoms. The quantitative estimate of drug-likeness (QED) is 0.251. The maximum absolute atomic E-state index is 13.9. The largest absolute Gasteiger partial charge is 1.00 e. The third kappa shape index (κ3) is 6.55. The third-order valence-corrected chi connectivity index (χ3v) is 8.82. The van der Waals surface area contributed by atoms with Crippen LogP contribution in [-0.4, -0.2) is 45.1 Å². The summed E-state index contributed by atoms with van der Waals surface area (Å²) in [6, 6.07) is 11.2. The molecule has 1 atom stereocenters. The summed E-state index contributed by atoms with van der Waals surface area (Å²) in [7, 11) is -6.56. The van der Waals surface area contributed by atoms with E-state index in [-0.39, 0.29) is 79.0 Å². The first kappa shape index (κ1) is 30.8. The van der Waals surface area contributed by atoms with Gasteiger partial charge in [-0.2, -0.15) is 0 Å². The second-order valence-electron chi connectivity index (χ2n) is 8.65. The van der Waals surface area contributed by atoms with E-state index in [1.54, 1.807) is 25.1 Å². The number of ether oxygens (including phenoxy) is 1. The zero-order valence-corrected chi connectivity index (χ0v) is 25.1. The molecule has 0 amide bonds. The van der Waals surface area contributed by atoms with Gasteiger partial charge in [0.25, 0.3) is 15.9 Å². The molecule has 0 saturated heterocycles. The first-order chi connectivity index (χ1) is 17.8. The molecule has 4 rings (SSSR count). The molecular formula is C25H22F2N3NaO6S2. The van der Waals surface area contributed by atoms with Crippen LogP contribution in [0.2, 0.25) is 0 Å². The Hall–Kier alpha value is -2.71. The van der Waals surface area contributed by atoms with E-state index in [0.717, 1.165) is 17.0 Å². The van der Waals surface area contributed by atoms with Gasteiger partial charge in [0, 0.05) is 18.7 Å². The summed E-state index contributed by atoms with van der Waals surface area (Å²) in [6.45, 7) is 2.92. The molecule has 0 aliphatic heterocycles. The monoisotopic (exact) mass is 585 g/mol. The number of carbonyl (C=O) groups is 1. The van der Waals surface area contributed by atoms with Crippen molar-refractivity contribution in [2.75, 3.05) is 6.61 Å². The number of hydrogen-bond acceptors (Lipinski definition) is 8. The predicted octanol–water partition coefficient (Wildman–Crippen LogP) is -0.00556. The molecule has 0 spiro atoms. The van der Waals surface area contributed by atoms with Crippen molar-refractivity contribution in [1.29, 1.82) is 0 Å². The van der Waals surface area contributed by atoms with Crippen LogP contribution >= 0.6 is 0 Å². The fraction of sp³-hybridized carbons (Fsp3) is 0.240. The number of carbonyl (C=O) groups excluding carboxylic acids is 1. The number of rotatable bonds is 9. The van der Waals surface area contributed by atoms with Crippen molar-refractivity contribution in [2.24, 2.45) is 0 Å². The van der Waals surface area contributed by atoms with E-state index in [0.29, 0.717) is 5.56 Å².